The van der Waals surface area contributed by atoms with Gasteiger partial charge in [0.1, 0.15) is 0 Å². The summed E-state index contributed by atoms with van der Waals surface area (Å²) in [6.07, 6.45) is 0. The first-order valence-corrected chi connectivity index (χ1v) is 48.2. The van der Waals surface area contributed by atoms with Crippen molar-refractivity contribution in [3.63, 3.8) is 0 Å². The summed E-state index contributed by atoms with van der Waals surface area (Å²) in [5, 5.41) is 20.2. The van der Waals surface area contributed by atoms with Gasteiger partial charge in [0.2, 0.25) is 0 Å². The van der Waals surface area contributed by atoms with E-state index in [9.17, 15) is 0 Å². The lowest BCUT2D eigenvalue weighted by Crippen LogP contribution is -1.94. The minimum absolute atomic E-state index is 1.15. The number of fused-ring (bicyclic) bond motifs is 20. The molecule has 0 unspecified atom stereocenters. The monoisotopic (exact) mass is 1780 g/mol. The highest BCUT2D eigenvalue weighted by molar-refractivity contribution is 6.18. The molecule has 6 aromatic heterocycles. The zero-order chi connectivity index (χ0) is 92.2. The van der Waals surface area contributed by atoms with Gasteiger partial charge in [-0.15, -0.1) is 0 Å². The highest BCUT2D eigenvalue weighted by atomic mass is 15.0. The summed E-state index contributed by atoms with van der Waals surface area (Å²) in [6, 6.07) is 194. The molecule has 0 radical (unpaired) electrons. The smallest absolute Gasteiger partial charge is 0.0541 e. The maximum Gasteiger partial charge on any atom is 0.0541 e. The standard InChI is InChI=1S/C48H32N2.C46H30N2.C40H26N2/c1-3-13-33(14-4-1)34-15-11-16-35(29-34)36-17-12-20-40(30-36)50-46-24-10-8-22-42(46)44-32-38(26-28-48(44)50)37-25-27-47-43(31-37)41-21-7-9-23-45(41)49(47)39-18-5-2-6-19-39;1-2-11-31(12-3-1)34-15-10-16-37(27-34)47-43-19-8-6-17-39(43)41-29-35(22-25-45(41)47)36-23-26-46-42(30-36)40-18-7-9-20-44(40)48(46)38-24-21-32-13-4-5-14-33(32)28-38;1-2-12-31(13-3-1)41-37-16-8-6-14-33(37)35-25-29(19-22-39(35)41)30-20-23-40-36(26-30)34-15-7-9-17-38(34)42(40)32-21-18-27-10-4-5-11-28(27)24-32/h1-32H;1-30H;1-26H. The van der Waals surface area contributed by atoms with Gasteiger partial charge in [0.05, 0.1) is 66.2 Å². The first kappa shape index (κ1) is 81.0. The zero-order valence-electron chi connectivity index (χ0n) is 76.5. The van der Waals surface area contributed by atoms with Gasteiger partial charge in [0, 0.05) is 98.8 Å². The van der Waals surface area contributed by atoms with E-state index in [-0.39, 0.29) is 0 Å². The predicted molar refractivity (Wildman–Crippen MR) is 593 cm³/mol. The molecule has 140 heavy (non-hydrogen) atoms. The highest BCUT2D eigenvalue weighted by Crippen LogP contribution is 2.46. The molecule has 23 aromatic carbocycles. The Labute approximate surface area is 808 Å². The third-order valence-electron chi connectivity index (χ3n) is 28.7. The van der Waals surface area contributed by atoms with Crippen LogP contribution in [0.1, 0.15) is 0 Å². The number of hydrogen-bond acceptors (Lipinski definition) is 0. The van der Waals surface area contributed by atoms with Crippen molar-refractivity contribution in [2.24, 2.45) is 0 Å². The van der Waals surface area contributed by atoms with Crippen LogP contribution in [0.5, 0.6) is 0 Å². The number of aromatic nitrogens is 6. The molecule has 654 valence electrons. The Morgan fingerprint density at radius 1 is 0.0857 bits per heavy atom. The van der Waals surface area contributed by atoms with Crippen molar-refractivity contribution in [1.29, 1.82) is 0 Å². The third-order valence-corrected chi connectivity index (χ3v) is 28.7. The van der Waals surface area contributed by atoms with Crippen molar-refractivity contribution >= 4 is 152 Å². The molecule has 0 saturated carbocycles. The fourth-order valence-corrected chi connectivity index (χ4v) is 22.2. The molecule has 0 aliphatic heterocycles. The van der Waals surface area contributed by atoms with Gasteiger partial charge >= 0.3 is 0 Å². The number of rotatable bonds is 12. The zero-order valence-corrected chi connectivity index (χ0v) is 76.5. The van der Waals surface area contributed by atoms with E-state index < -0.39 is 0 Å². The van der Waals surface area contributed by atoms with E-state index in [0.29, 0.717) is 0 Å². The van der Waals surface area contributed by atoms with E-state index in [2.05, 4.69) is 561 Å². The van der Waals surface area contributed by atoms with Crippen LogP contribution in [0.25, 0.3) is 253 Å². The Morgan fingerprint density at radius 3 is 0.564 bits per heavy atom. The number of hydrogen-bond donors (Lipinski definition) is 0. The van der Waals surface area contributed by atoms with E-state index in [1.807, 2.05) is 0 Å². The molecule has 6 heteroatoms. The quantitative estimate of drug-likeness (QED) is 0.117. The molecule has 0 atom stereocenters. The second-order valence-corrected chi connectivity index (χ2v) is 36.7. The predicted octanol–water partition coefficient (Wildman–Crippen LogP) is 36.0. The summed E-state index contributed by atoms with van der Waals surface area (Å²) in [6.45, 7) is 0. The van der Waals surface area contributed by atoms with Crippen molar-refractivity contribution in [3.05, 3.63) is 534 Å². The van der Waals surface area contributed by atoms with E-state index in [4.69, 9.17) is 0 Å². The first-order valence-electron chi connectivity index (χ1n) is 48.2. The Bertz CT molecular complexity index is 9950. The van der Waals surface area contributed by atoms with Crippen molar-refractivity contribution in [3.8, 4) is 101 Å². The van der Waals surface area contributed by atoms with Crippen molar-refractivity contribution in [2.45, 2.75) is 0 Å². The van der Waals surface area contributed by atoms with Gasteiger partial charge in [-0.3, -0.25) is 0 Å². The summed E-state index contributed by atoms with van der Waals surface area (Å²) in [5.74, 6) is 0. The molecular formula is C134H88N6. The molecule has 0 bridgehead atoms. The molecule has 0 saturated heterocycles. The van der Waals surface area contributed by atoms with E-state index >= 15 is 0 Å². The second kappa shape index (κ2) is 33.8. The average molecular weight is 1780 g/mol. The van der Waals surface area contributed by atoms with Crippen molar-refractivity contribution in [2.75, 3.05) is 0 Å². The lowest BCUT2D eigenvalue weighted by molar-refractivity contribution is 1.18. The topological polar surface area (TPSA) is 29.6 Å². The first-order chi connectivity index (χ1) is 69.4. The minimum atomic E-state index is 1.15. The molecule has 29 aromatic rings. The van der Waals surface area contributed by atoms with E-state index in [1.54, 1.807) is 0 Å². The van der Waals surface area contributed by atoms with Crippen LogP contribution < -0.4 is 0 Å². The summed E-state index contributed by atoms with van der Waals surface area (Å²) in [7, 11) is 0. The van der Waals surface area contributed by atoms with Gasteiger partial charge in [-0.1, -0.05) is 346 Å². The van der Waals surface area contributed by atoms with Gasteiger partial charge in [0.25, 0.3) is 0 Å². The molecule has 0 fully saturated rings. The molecule has 29 rings (SSSR count). The molecule has 0 N–H and O–H groups in total. The van der Waals surface area contributed by atoms with Crippen LogP contribution in [-0.2, 0) is 0 Å². The average Bonchev–Trinajstić information content (AvgIpc) is 1.57. The maximum absolute atomic E-state index is 2.41. The summed E-state index contributed by atoms with van der Waals surface area (Å²) in [5.41, 5.74) is 36.2. The number of nitrogens with zero attached hydrogens (tertiary/aromatic N) is 6. The van der Waals surface area contributed by atoms with E-state index in [1.165, 1.54) is 248 Å². The number of para-hydroxylation sites is 8. The van der Waals surface area contributed by atoms with Crippen LogP contribution >= 0.6 is 0 Å². The van der Waals surface area contributed by atoms with Gasteiger partial charge in [-0.05, 0) is 276 Å². The molecule has 6 nitrogen and oxygen atoms in total. The van der Waals surface area contributed by atoms with Crippen LogP contribution in [0.3, 0.4) is 0 Å². The molecule has 0 amide bonds. The van der Waals surface area contributed by atoms with Crippen LogP contribution in [0.15, 0.2) is 534 Å². The lowest BCUT2D eigenvalue weighted by Gasteiger charge is -2.12. The second-order valence-electron chi connectivity index (χ2n) is 36.7. The maximum atomic E-state index is 2.41. The van der Waals surface area contributed by atoms with Crippen LogP contribution in [0.2, 0.25) is 0 Å². The van der Waals surface area contributed by atoms with Gasteiger partial charge < -0.3 is 27.4 Å². The molecule has 0 aliphatic carbocycles. The Balaban J connectivity index is 0.000000106. The molecular weight excluding hydrogens is 1690 g/mol. The summed E-state index contributed by atoms with van der Waals surface area (Å²) in [4.78, 5) is 0. The SMILES string of the molecule is c1ccc(-c2cccc(-c3cccc(-n4c5ccccc5c5cc(-c6ccc7c(c6)c6ccccc6n7-c6ccccc6)ccc54)c3)c2)cc1.c1ccc(-c2cccc(-n3c4ccccc4c4cc(-c5ccc6c(c5)c5ccccc5n6-c5ccc6ccccc6c5)ccc43)c2)cc1.c1ccc(-n2c3ccccc3c3cc(-c4ccc5c(c4)c4ccccc4n5-c4ccc5ccccc5c4)ccc32)cc1. The largest absolute Gasteiger partial charge is 0.309 e. The summed E-state index contributed by atoms with van der Waals surface area (Å²) < 4.78 is 14.4. The van der Waals surface area contributed by atoms with Crippen molar-refractivity contribution < 1.29 is 0 Å². The van der Waals surface area contributed by atoms with E-state index in [0.717, 1.165) is 5.69 Å². The highest BCUT2D eigenvalue weighted by Gasteiger charge is 2.23. The van der Waals surface area contributed by atoms with Crippen LogP contribution in [0.4, 0.5) is 0 Å². The molecule has 0 spiro atoms. The van der Waals surface area contributed by atoms with Gasteiger partial charge in [-0.2, -0.15) is 0 Å². The normalized spacial score (nSPS) is 11.7. The number of benzene rings is 23. The van der Waals surface area contributed by atoms with Crippen LogP contribution in [0, 0.1) is 0 Å². The Kier molecular flexibility index (Phi) is 19.5. The fraction of sp³-hybridized carbons (Fsp3) is 0. The van der Waals surface area contributed by atoms with Gasteiger partial charge in [0.15, 0.2) is 0 Å². The van der Waals surface area contributed by atoms with Gasteiger partial charge in [-0.25, -0.2) is 0 Å². The lowest BCUT2D eigenvalue weighted by atomic mass is 9.99. The van der Waals surface area contributed by atoms with Crippen molar-refractivity contribution in [1.82, 2.24) is 27.4 Å². The summed E-state index contributed by atoms with van der Waals surface area (Å²) >= 11 is 0. The third kappa shape index (κ3) is 13.9. The fourth-order valence-electron chi connectivity index (χ4n) is 22.2. The Hall–Kier alpha value is -18.6. The molecule has 0 aliphatic rings. The minimum Gasteiger partial charge on any atom is -0.309 e. The molecule has 6 heterocycles. The Morgan fingerprint density at radius 2 is 0.271 bits per heavy atom. The van der Waals surface area contributed by atoms with Crippen LogP contribution in [-0.4, -0.2) is 27.4 Å².